The summed E-state index contributed by atoms with van der Waals surface area (Å²) in [6.45, 7) is 0. The minimum absolute atomic E-state index is 0.0976. The molecule has 0 aliphatic heterocycles. The van der Waals surface area contributed by atoms with Gasteiger partial charge in [0.05, 0.1) is 22.7 Å². The topological polar surface area (TPSA) is 92.4 Å². The Balaban J connectivity index is 2.83. The minimum atomic E-state index is -1.05. The van der Waals surface area contributed by atoms with Crippen LogP contribution in [0.25, 0.3) is 0 Å². The molecule has 0 aliphatic rings. The van der Waals surface area contributed by atoms with Crippen molar-refractivity contribution in [1.82, 2.24) is 0 Å². The molecule has 0 saturated carbocycles. The second kappa shape index (κ2) is 5.41. The average Bonchev–Trinajstić information content (AvgIpc) is 2.21. The molecule has 4 N–H and O–H groups in total. The highest BCUT2D eigenvalue weighted by Crippen LogP contribution is 2.20. The lowest BCUT2D eigenvalue weighted by Crippen LogP contribution is -2.15. The number of carboxylic acids is 1. The van der Waals surface area contributed by atoms with Gasteiger partial charge in [0.15, 0.2) is 0 Å². The first-order chi connectivity index (χ1) is 7.54. The van der Waals surface area contributed by atoms with Crippen LogP contribution in [0.5, 0.6) is 0 Å². The molecule has 16 heavy (non-hydrogen) atoms. The molecule has 1 aromatic rings. The van der Waals surface area contributed by atoms with E-state index in [0.29, 0.717) is 11.4 Å². The first-order valence-corrected chi connectivity index (χ1v) is 5.85. The Morgan fingerprint density at radius 2 is 2.19 bits per heavy atom. The monoisotopic (exact) mass is 240 g/mol. The summed E-state index contributed by atoms with van der Waals surface area (Å²) in [5, 5.41) is 11.3. The van der Waals surface area contributed by atoms with Crippen LogP contribution in [0, 0.1) is 0 Å². The number of hydrogen-bond donors (Lipinski definition) is 3. The van der Waals surface area contributed by atoms with Gasteiger partial charge in [-0.05, 0) is 24.5 Å². The van der Waals surface area contributed by atoms with E-state index < -0.39 is 5.97 Å². The number of aromatic carboxylic acids is 1. The summed E-state index contributed by atoms with van der Waals surface area (Å²) >= 11 is 1.40. The van der Waals surface area contributed by atoms with Crippen molar-refractivity contribution in [3.05, 3.63) is 23.8 Å². The summed E-state index contributed by atoms with van der Waals surface area (Å²) in [6, 6.07) is 4.20. The lowest BCUT2D eigenvalue weighted by atomic mass is 10.2. The number of nitrogens with two attached hydrogens (primary N) is 1. The van der Waals surface area contributed by atoms with Crippen molar-refractivity contribution in [2.24, 2.45) is 0 Å². The summed E-state index contributed by atoms with van der Waals surface area (Å²) in [4.78, 5) is 21.9. The lowest BCUT2D eigenvalue weighted by molar-refractivity contribution is -0.113. The van der Waals surface area contributed by atoms with Crippen molar-refractivity contribution in [3.8, 4) is 0 Å². The SMILES string of the molecule is CSCC(=O)Nc1ccc(C(=O)O)cc1N. The number of rotatable bonds is 4. The standard InChI is InChI=1S/C10H12N2O3S/c1-16-5-9(13)12-8-3-2-6(10(14)15)4-7(8)11/h2-4H,5,11H2,1H3,(H,12,13)(H,14,15). The molecule has 0 unspecified atom stereocenters. The van der Waals surface area contributed by atoms with Gasteiger partial charge in [0.25, 0.3) is 0 Å². The van der Waals surface area contributed by atoms with Gasteiger partial charge in [-0.25, -0.2) is 4.79 Å². The van der Waals surface area contributed by atoms with Crippen molar-refractivity contribution in [1.29, 1.82) is 0 Å². The van der Waals surface area contributed by atoms with E-state index in [2.05, 4.69) is 5.32 Å². The molecule has 0 bridgehead atoms. The van der Waals surface area contributed by atoms with Crippen molar-refractivity contribution in [2.75, 3.05) is 23.1 Å². The third-order valence-corrected chi connectivity index (χ3v) is 2.40. The molecule has 0 fully saturated rings. The third-order valence-electron chi connectivity index (χ3n) is 1.85. The number of carboxylic acid groups (broad SMARTS) is 1. The van der Waals surface area contributed by atoms with E-state index in [1.165, 1.54) is 30.0 Å². The van der Waals surface area contributed by atoms with Crippen LogP contribution in [0.4, 0.5) is 11.4 Å². The number of benzene rings is 1. The fourth-order valence-corrected chi connectivity index (χ4v) is 1.46. The zero-order valence-electron chi connectivity index (χ0n) is 8.69. The van der Waals surface area contributed by atoms with Gasteiger partial charge in [-0.3, -0.25) is 4.79 Å². The summed E-state index contributed by atoms with van der Waals surface area (Å²) in [7, 11) is 0. The quantitative estimate of drug-likeness (QED) is 0.689. The Bertz CT molecular complexity index is 421. The van der Waals surface area contributed by atoms with Crippen LogP contribution in [-0.2, 0) is 4.79 Å². The van der Waals surface area contributed by atoms with Gasteiger partial charge in [-0.1, -0.05) is 0 Å². The number of nitrogen functional groups attached to an aromatic ring is 1. The van der Waals surface area contributed by atoms with E-state index >= 15 is 0 Å². The smallest absolute Gasteiger partial charge is 0.335 e. The highest BCUT2D eigenvalue weighted by atomic mass is 32.2. The van der Waals surface area contributed by atoms with Crippen LogP contribution in [-0.4, -0.2) is 29.0 Å². The molecule has 0 aromatic heterocycles. The Hall–Kier alpha value is -1.69. The second-order valence-electron chi connectivity index (χ2n) is 3.09. The molecular formula is C10H12N2O3S. The van der Waals surface area contributed by atoms with Crippen LogP contribution < -0.4 is 11.1 Å². The van der Waals surface area contributed by atoms with Crippen LogP contribution in [0.15, 0.2) is 18.2 Å². The number of nitrogens with one attached hydrogen (secondary N) is 1. The minimum Gasteiger partial charge on any atom is -0.478 e. The van der Waals surface area contributed by atoms with Crippen molar-refractivity contribution in [3.63, 3.8) is 0 Å². The van der Waals surface area contributed by atoms with Gasteiger partial charge in [-0.2, -0.15) is 11.8 Å². The first kappa shape index (κ1) is 12.4. The maximum absolute atomic E-state index is 11.3. The number of thioether (sulfide) groups is 1. The van der Waals surface area contributed by atoms with Gasteiger partial charge in [-0.15, -0.1) is 0 Å². The predicted molar refractivity (Wildman–Crippen MR) is 64.8 cm³/mol. The largest absolute Gasteiger partial charge is 0.478 e. The molecule has 0 spiro atoms. The normalized spacial score (nSPS) is 9.81. The Morgan fingerprint density at radius 1 is 1.50 bits per heavy atom. The molecular weight excluding hydrogens is 228 g/mol. The Kier molecular flexibility index (Phi) is 4.19. The molecule has 6 heteroatoms. The maximum atomic E-state index is 11.3. The lowest BCUT2D eigenvalue weighted by Gasteiger charge is -2.07. The molecule has 1 aromatic carbocycles. The number of carbonyl (C=O) groups is 2. The molecule has 0 aliphatic carbocycles. The van der Waals surface area contributed by atoms with Crippen molar-refractivity contribution >= 4 is 35.0 Å². The first-order valence-electron chi connectivity index (χ1n) is 4.46. The third kappa shape index (κ3) is 3.16. The van der Waals surface area contributed by atoms with E-state index in [1.807, 2.05) is 6.26 Å². The molecule has 0 saturated heterocycles. The number of anilines is 2. The van der Waals surface area contributed by atoms with Gasteiger partial charge in [0.1, 0.15) is 0 Å². The van der Waals surface area contributed by atoms with E-state index in [1.54, 1.807) is 0 Å². The predicted octanol–water partition coefficient (Wildman–Crippen LogP) is 1.27. The van der Waals surface area contributed by atoms with E-state index in [9.17, 15) is 9.59 Å². The summed E-state index contributed by atoms with van der Waals surface area (Å²) in [6.07, 6.45) is 1.82. The molecule has 86 valence electrons. The van der Waals surface area contributed by atoms with Crippen LogP contribution in [0.1, 0.15) is 10.4 Å². The van der Waals surface area contributed by atoms with Crippen LogP contribution in [0.2, 0.25) is 0 Å². The zero-order valence-corrected chi connectivity index (χ0v) is 9.50. The molecule has 0 heterocycles. The summed E-state index contributed by atoms with van der Waals surface area (Å²) in [5.74, 6) is -0.879. The number of hydrogen-bond acceptors (Lipinski definition) is 4. The summed E-state index contributed by atoms with van der Waals surface area (Å²) in [5.41, 5.74) is 6.40. The van der Waals surface area contributed by atoms with Crippen LogP contribution in [0.3, 0.4) is 0 Å². The van der Waals surface area contributed by atoms with E-state index in [4.69, 9.17) is 10.8 Å². The molecule has 0 radical (unpaired) electrons. The van der Waals surface area contributed by atoms with Gasteiger partial charge in [0.2, 0.25) is 5.91 Å². The maximum Gasteiger partial charge on any atom is 0.335 e. The highest BCUT2D eigenvalue weighted by Gasteiger charge is 2.08. The number of carbonyl (C=O) groups excluding carboxylic acids is 1. The summed E-state index contributed by atoms with van der Waals surface area (Å²) < 4.78 is 0. The van der Waals surface area contributed by atoms with E-state index in [0.717, 1.165) is 0 Å². The molecule has 0 atom stereocenters. The fraction of sp³-hybridized carbons (Fsp3) is 0.200. The molecule has 5 nitrogen and oxygen atoms in total. The van der Waals surface area contributed by atoms with E-state index in [-0.39, 0.29) is 17.2 Å². The fourth-order valence-electron chi connectivity index (χ4n) is 1.13. The van der Waals surface area contributed by atoms with Crippen LogP contribution >= 0.6 is 11.8 Å². The highest BCUT2D eigenvalue weighted by molar-refractivity contribution is 7.99. The number of amides is 1. The van der Waals surface area contributed by atoms with Crippen molar-refractivity contribution < 1.29 is 14.7 Å². The molecule has 1 amide bonds. The van der Waals surface area contributed by atoms with Gasteiger partial charge >= 0.3 is 5.97 Å². The Labute approximate surface area is 97.0 Å². The average molecular weight is 240 g/mol. The Morgan fingerprint density at radius 3 is 2.69 bits per heavy atom. The van der Waals surface area contributed by atoms with Gasteiger partial charge < -0.3 is 16.2 Å². The van der Waals surface area contributed by atoms with Crippen molar-refractivity contribution in [2.45, 2.75) is 0 Å². The van der Waals surface area contributed by atoms with Gasteiger partial charge in [0, 0.05) is 0 Å². The zero-order chi connectivity index (χ0) is 12.1. The second-order valence-corrected chi connectivity index (χ2v) is 3.95. The molecule has 1 rings (SSSR count).